The largest absolute Gasteiger partial charge is 0.370 e. The Morgan fingerprint density at radius 2 is 2.05 bits per heavy atom. The van der Waals surface area contributed by atoms with Gasteiger partial charge in [-0.15, -0.1) is 0 Å². The molecule has 2 aliphatic rings. The quantitative estimate of drug-likeness (QED) is 0.804. The Morgan fingerprint density at radius 3 is 2.68 bits per heavy atom. The summed E-state index contributed by atoms with van der Waals surface area (Å²) >= 11 is 1.73. The third kappa shape index (κ3) is 2.82. The van der Waals surface area contributed by atoms with Gasteiger partial charge in [0.05, 0.1) is 30.9 Å². The molecule has 22 heavy (non-hydrogen) atoms. The van der Waals surface area contributed by atoms with Crippen LogP contribution in [0.1, 0.15) is 50.3 Å². The second-order valence-corrected chi connectivity index (χ2v) is 7.87. The topological polar surface area (TPSA) is 50.4 Å². The van der Waals surface area contributed by atoms with Crippen LogP contribution in [0.2, 0.25) is 0 Å². The van der Waals surface area contributed by atoms with Gasteiger partial charge in [-0.05, 0) is 38.0 Å². The molecule has 1 fully saturated rings. The zero-order chi connectivity index (χ0) is 15.7. The number of nitriles is 1. The summed E-state index contributed by atoms with van der Waals surface area (Å²) in [6.07, 6.45) is 3.29. The predicted octanol–water partition coefficient (Wildman–Crippen LogP) is 2.94. The van der Waals surface area contributed by atoms with Crippen molar-refractivity contribution in [3.8, 4) is 6.07 Å². The number of nitrogens with zero attached hydrogens (tertiary/aromatic N) is 2. The minimum atomic E-state index is -0.198. The van der Waals surface area contributed by atoms with Gasteiger partial charge in [-0.25, -0.2) is 4.98 Å². The zero-order valence-corrected chi connectivity index (χ0v) is 14.5. The molecule has 0 amide bonds. The van der Waals surface area contributed by atoms with E-state index in [0.29, 0.717) is 6.61 Å². The molecule has 2 aliphatic heterocycles. The molecule has 3 heterocycles. The molecule has 0 aliphatic carbocycles. The monoisotopic (exact) mass is 318 g/mol. The van der Waals surface area contributed by atoms with E-state index in [1.54, 1.807) is 11.8 Å². The molecule has 0 bridgehead atoms. The smallest absolute Gasteiger partial charge is 0.281 e. The van der Waals surface area contributed by atoms with Crippen LogP contribution in [0.4, 0.5) is 5.82 Å². The van der Waals surface area contributed by atoms with Gasteiger partial charge in [0.2, 0.25) is 0 Å². The summed E-state index contributed by atoms with van der Waals surface area (Å²) in [5.74, 6) is 2.14. The maximum atomic E-state index is 9.69. The van der Waals surface area contributed by atoms with E-state index >= 15 is 0 Å². The maximum absolute atomic E-state index is 9.69. The van der Waals surface area contributed by atoms with Gasteiger partial charge in [-0.3, -0.25) is 4.90 Å². The number of thioether (sulfide) groups is 1. The van der Waals surface area contributed by atoms with E-state index in [1.807, 2.05) is 0 Å². The molecule has 5 heteroatoms. The second kappa shape index (κ2) is 6.10. The molecule has 0 spiro atoms. The van der Waals surface area contributed by atoms with Crippen molar-refractivity contribution in [3.05, 3.63) is 16.7 Å². The first kappa shape index (κ1) is 15.6. The van der Waals surface area contributed by atoms with E-state index < -0.39 is 0 Å². The molecule has 118 valence electrons. The number of ether oxygens (including phenoxy) is 1. The highest BCUT2D eigenvalue weighted by Crippen LogP contribution is 2.37. The number of rotatable bonds is 3. The average molecular weight is 318 g/mol. The van der Waals surface area contributed by atoms with Crippen molar-refractivity contribution in [3.63, 3.8) is 0 Å². The maximum Gasteiger partial charge on any atom is 0.281 e. The summed E-state index contributed by atoms with van der Waals surface area (Å²) < 4.78 is 6.03. The number of hydrogen-bond donors (Lipinski definition) is 0. The zero-order valence-electron chi connectivity index (χ0n) is 13.7. The number of aromatic amines is 1. The Labute approximate surface area is 136 Å². The lowest BCUT2D eigenvalue weighted by atomic mass is 9.89. The van der Waals surface area contributed by atoms with Gasteiger partial charge in [-0.2, -0.15) is 5.26 Å². The van der Waals surface area contributed by atoms with E-state index in [4.69, 9.17) is 4.74 Å². The number of fused-ring (bicyclic) bond motifs is 1. The van der Waals surface area contributed by atoms with Gasteiger partial charge in [0, 0.05) is 6.42 Å². The SMILES string of the molecule is CCSc1[nH+]c(N2CCCC2)c2c(c1C#N)CC(C)(C)OC2. The fourth-order valence-corrected chi connectivity index (χ4v) is 4.12. The Kier molecular flexibility index (Phi) is 4.33. The Morgan fingerprint density at radius 1 is 1.32 bits per heavy atom. The molecule has 1 N–H and O–H groups in total. The van der Waals surface area contributed by atoms with E-state index in [9.17, 15) is 5.26 Å². The first-order valence-corrected chi connectivity index (χ1v) is 9.07. The van der Waals surface area contributed by atoms with Gasteiger partial charge < -0.3 is 4.74 Å². The van der Waals surface area contributed by atoms with E-state index in [-0.39, 0.29) is 5.60 Å². The lowest BCUT2D eigenvalue weighted by molar-refractivity contribution is -0.414. The molecule has 0 radical (unpaired) electrons. The summed E-state index contributed by atoms with van der Waals surface area (Å²) in [5.41, 5.74) is 3.01. The van der Waals surface area contributed by atoms with Gasteiger partial charge in [0.25, 0.3) is 5.82 Å². The van der Waals surface area contributed by atoms with Crippen LogP contribution in [0.25, 0.3) is 0 Å². The highest BCUT2D eigenvalue weighted by atomic mass is 32.2. The van der Waals surface area contributed by atoms with Gasteiger partial charge in [-0.1, -0.05) is 18.7 Å². The molecule has 0 saturated carbocycles. The van der Waals surface area contributed by atoms with Crippen LogP contribution in [0.5, 0.6) is 0 Å². The highest BCUT2D eigenvalue weighted by Gasteiger charge is 2.36. The second-order valence-electron chi connectivity index (χ2n) is 6.60. The number of aromatic nitrogens is 1. The molecular weight excluding hydrogens is 294 g/mol. The number of nitrogens with one attached hydrogen (secondary N) is 1. The lowest BCUT2D eigenvalue weighted by Crippen LogP contribution is -2.37. The molecular formula is C17H24N3OS+. The first-order valence-electron chi connectivity index (χ1n) is 8.08. The Balaban J connectivity index is 2.15. The lowest BCUT2D eigenvalue weighted by Gasteiger charge is -2.33. The minimum absolute atomic E-state index is 0.198. The standard InChI is InChI=1S/C17H23N3OS/c1-4-22-16-13(10-18)12-9-17(2,3)21-11-14(12)15(19-16)20-7-5-6-8-20/h4-9,11H2,1-3H3/p+1. The van der Waals surface area contributed by atoms with Crippen LogP contribution in [0, 0.1) is 11.3 Å². The van der Waals surface area contributed by atoms with Crippen LogP contribution in [-0.2, 0) is 17.8 Å². The third-order valence-electron chi connectivity index (χ3n) is 4.44. The fourth-order valence-electron chi connectivity index (χ4n) is 3.35. The molecule has 3 rings (SSSR count). The van der Waals surface area contributed by atoms with Crippen molar-refractivity contribution >= 4 is 17.6 Å². The van der Waals surface area contributed by atoms with Crippen molar-refractivity contribution < 1.29 is 9.72 Å². The minimum Gasteiger partial charge on any atom is -0.370 e. The van der Waals surface area contributed by atoms with Crippen molar-refractivity contribution in [1.82, 2.24) is 0 Å². The summed E-state index contributed by atoms with van der Waals surface area (Å²) in [7, 11) is 0. The average Bonchev–Trinajstić information content (AvgIpc) is 2.99. The summed E-state index contributed by atoms with van der Waals surface area (Å²) in [5, 5.41) is 10.7. The van der Waals surface area contributed by atoms with Crippen molar-refractivity contribution in [2.75, 3.05) is 23.7 Å². The number of H-pyrrole nitrogens is 1. The summed E-state index contributed by atoms with van der Waals surface area (Å²) in [6, 6.07) is 2.44. The number of pyridine rings is 1. The fraction of sp³-hybridized carbons (Fsp3) is 0.647. The molecule has 4 nitrogen and oxygen atoms in total. The molecule has 1 aromatic heterocycles. The van der Waals surface area contributed by atoms with E-state index in [1.165, 1.54) is 29.8 Å². The normalized spacial score (nSPS) is 19.8. The molecule has 0 atom stereocenters. The Bertz CT molecular complexity index is 615. The van der Waals surface area contributed by atoms with Crippen molar-refractivity contribution in [1.29, 1.82) is 5.26 Å². The van der Waals surface area contributed by atoms with Crippen molar-refractivity contribution in [2.45, 2.75) is 57.3 Å². The highest BCUT2D eigenvalue weighted by molar-refractivity contribution is 7.99. The van der Waals surface area contributed by atoms with Crippen LogP contribution < -0.4 is 9.88 Å². The van der Waals surface area contributed by atoms with Crippen LogP contribution >= 0.6 is 11.8 Å². The van der Waals surface area contributed by atoms with E-state index in [2.05, 4.69) is 36.7 Å². The summed E-state index contributed by atoms with van der Waals surface area (Å²) in [6.45, 7) is 9.12. The predicted molar refractivity (Wildman–Crippen MR) is 88.1 cm³/mol. The van der Waals surface area contributed by atoms with Gasteiger partial charge in [0.1, 0.15) is 11.6 Å². The molecule has 0 unspecified atom stereocenters. The van der Waals surface area contributed by atoms with Gasteiger partial charge in [0.15, 0.2) is 5.03 Å². The third-order valence-corrected chi connectivity index (χ3v) is 5.33. The van der Waals surface area contributed by atoms with Crippen molar-refractivity contribution in [2.24, 2.45) is 0 Å². The first-order chi connectivity index (χ1) is 10.6. The van der Waals surface area contributed by atoms with Crippen LogP contribution in [-0.4, -0.2) is 24.4 Å². The van der Waals surface area contributed by atoms with Crippen LogP contribution in [0.3, 0.4) is 0 Å². The van der Waals surface area contributed by atoms with E-state index in [0.717, 1.165) is 35.9 Å². The molecule has 0 aromatic carbocycles. The molecule has 1 aromatic rings. The van der Waals surface area contributed by atoms with Crippen LogP contribution in [0.15, 0.2) is 5.03 Å². The number of hydrogen-bond acceptors (Lipinski definition) is 4. The molecule has 1 saturated heterocycles. The number of anilines is 1. The van der Waals surface area contributed by atoms with Gasteiger partial charge >= 0.3 is 0 Å². The Hall–Kier alpha value is -1.25. The summed E-state index contributed by atoms with van der Waals surface area (Å²) in [4.78, 5) is 5.97.